The van der Waals surface area contributed by atoms with Crippen molar-refractivity contribution in [3.63, 3.8) is 0 Å². The molecule has 0 unspecified atom stereocenters. The van der Waals surface area contributed by atoms with E-state index in [0.29, 0.717) is 22.9 Å². The maximum absolute atomic E-state index is 14.1. The van der Waals surface area contributed by atoms with Gasteiger partial charge >= 0.3 is 0 Å². The highest BCUT2D eigenvalue weighted by Gasteiger charge is 2.48. The van der Waals surface area contributed by atoms with Gasteiger partial charge in [0.05, 0.1) is 40.1 Å². The Morgan fingerprint density at radius 1 is 0.900 bits per heavy atom. The molecule has 1 N–H and O–H groups in total. The lowest BCUT2D eigenvalue weighted by Gasteiger charge is -2.43. The molecule has 1 aliphatic rings. The summed E-state index contributed by atoms with van der Waals surface area (Å²) in [5, 5.41) is 7.76. The van der Waals surface area contributed by atoms with Gasteiger partial charge < -0.3 is 24.4 Å². The first kappa shape index (κ1) is 26.8. The van der Waals surface area contributed by atoms with E-state index in [4.69, 9.17) is 19.3 Å². The lowest BCUT2D eigenvalue weighted by molar-refractivity contribution is -0.133. The first-order valence-electron chi connectivity index (χ1n) is 12.9. The van der Waals surface area contributed by atoms with E-state index in [9.17, 15) is 9.59 Å². The minimum atomic E-state index is -1.24. The molecule has 0 saturated heterocycles. The van der Waals surface area contributed by atoms with Crippen molar-refractivity contribution in [3.8, 4) is 28.5 Å². The number of aromatic nitrogens is 2. The first-order valence-corrected chi connectivity index (χ1v) is 12.9. The molecule has 40 heavy (non-hydrogen) atoms. The standard InChI is InChI=1S/C31H32N4O5/c1-31(30(37)32-18-22-9-5-7-11-27(22)39-3)20-35-26(17-25(33-35)21-13-15-24(38-2)16-14-21)29(36)34(31)19-23-10-6-8-12-28(23)40-4/h5-17H,18-20H2,1-4H3,(H,32,37)/t31-/m0/s1. The topological polar surface area (TPSA) is 94.9 Å². The second-order valence-corrected chi connectivity index (χ2v) is 9.77. The molecule has 2 amide bonds. The van der Waals surface area contributed by atoms with Crippen LogP contribution in [0.1, 0.15) is 28.5 Å². The summed E-state index contributed by atoms with van der Waals surface area (Å²) in [7, 11) is 4.79. The van der Waals surface area contributed by atoms with E-state index < -0.39 is 5.54 Å². The normalized spacial score (nSPS) is 16.3. The SMILES string of the molecule is COc1ccc(-c2cc3n(n2)C[C@@](C)(C(=O)NCc2ccccc2OC)N(Cc2ccccc2OC)C3=O)cc1. The first-order chi connectivity index (χ1) is 19.4. The van der Waals surface area contributed by atoms with Crippen molar-refractivity contribution in [3.05, 3.63) is 95.7 Å². The molecule has 0 aliphatic carbocycles. The van der Waals surface area contributed by atoms with Gasteiger partial charge in [0.1, 0.15) is 28.5 Å². The van der Waals surface area contributed by atoms with Gasteiger partial charge in [-0.25, -0.2) is 0 Å². The number of amides is 2. The van der Waals surface area contributed by atoms with Crippen molar-refractivity contribution in [2.45, 2.75) is 32.1 Å². The van der Waals surface area contributed by atoms with E-state index in [1.807, 2.05) is 72.8 Å². The van der Waals surface area contributed by atoms with Crippen LogP contribution in [-0.2, 0) is 24.4 Å². The summed E-state index contributed by atoms with van der Waals surface area (Å²) < 4.78 is 17.9. The summed E-state index contributed by atoms with van der Waals surface area (Å²) in [6.07, 6.45) is 0. The van der Waals surface area contributed by atoms with Gasteiger partial charge in [-0.3, -0.25) is 14.3 Å². The van der Waals surface area contributed by atoms with Gasteiger partial charge in [-0.05, 0) is 49.4 Å². The van der Waals surface area contributed by atoms with Crippen LogP contribution < -0.4 is 19.5 Å². The Kier molecular flexibility index (Phi) is 7.46. The van der Waals surface area contributed by atoms with Gasteiger partial charge in [0.25, 0.3) is 5.91 Å². The zero-order chi connectivity index (χ0) is 28.3. The number of nitrogens with one attached hydrogen (secondary N) is 1. The Labute approximate surface area is 233 Å². The highest BCUT2D eigenvalue weighted by atomic mass is 16.5. The molecular formula is C31H32N4O5. The lowest BCUT2D eigenvalue weighted by atomic mass is 9.93. The molecule has 0 saturated carbocycles. The van der Waals surface area contributed by atoms with Crippen LogP contribution in [0.25, 0.3) is 11.3 Å². The molecule has 4 aromatic rings. The Morgan fingerprint density at radius 3 is 2.17 bits per heavy atom. The van der Waals surface area contributed by atoms with Crippen LogP contribution in [0.3, 0.4) is 0 Å². The molecule has 9 heteroatoms. The summed E-state index contributed by atoms with van der Waals surface area (Å²) in [5.41, 5.74) is 2.29. The highest BCUT2D eigenvalue weighted by molar-refractivity contribution is 6.00. The van der Waals surface area contributed by atoms with E-state index in [0.717, 1.165) is 22.4 Å². The number of fused-ring (bicyclic) bond motifs is 1. The Bertz CT molecular complexity index is 1530. The number of hydrogen-bond acceptors (Lipinski definition) is 6. The molecular weight excluding hydrogens is 508 g/mol. The molecule has 5 rings (SSSR count). The maximum Gasteiger partial charge on any atom is 0.273 e. The molecule has 9 nitrogen and oxygen atoms in total. The third-order valence-corrected chi connectivity index (χ3v) is 7.33. The fourth-order valence-corrected chi connectivity index (χ4v) is 5.01. The lowest BCUT2D eigenvalue weighted by Crippen LogP contribution is -2.63. The number of methoxy groups -OCH3 is 3. The van der Waals surface area contributed by atoms with Crippen molar-refractivity contribution in [1.29, 1.82) is 0 Å². The Balaban J connectivity index is 1.51. The van der Waals surface area contributed by atoms with Gasteiger partial charge in [-0.2, -0.15) is 5.10 Å². The van der Waals surface area contributed by atoms with Crippen molar-refractivity contribution in [2.24, 2.45) is 0 Å². The number of carbonyl (C=O) groups excluding carboxylic acids is 2. The molecule has 1 atom stereocenters. The summed E-state index contributed by atoms with van der Waals surface area (Å²) >= 11 is 0. The van der Waals surface area contributed by atoms with Crippen LogP contribution in [0.4, 0.5) is 0 Å². The predicted molar refractivity (Wildman–Crippen MR) is 150 cm³/mol. The van der Waals surface area contributed by atoms with E-state index in [1.165, 1.54) is 0 Å². The van der Waals surface area contributed by atoms with E-state index in [2.05, 4.69) is 5.32 Å². The molecule has 3 aromatic carbocycles. The predicted octanol–water partition coefficient (Wildman–Crippen LogP) is 4.31. The largest absolute Gasteiger partial charge is 0.497 e. The number of nitrogens with zero attached hydrogens (tertiary/aromatic N) is 3. The molecule has 206 valence electrons. The molecule has 0 fully saturated rings. The average Bonchev–Trinajstić information content (AvgIpc) is 3.42. The number of rotatable bonds is 9. The van der Waals surface area contributed by atoms with Crippen LogP contribution >= 0.6 is 0 Å². The van der Waals surface area contributed by atoms with E-state index in [-0.39, 0.29) is 31.4 Å². The fraction of sp³-hybridized carbons (Fsp3) is 0.258. The third kappa shape index (κ3) is 4.98. The number of hydrogen-bond donors (Lipinski definition) is 1. The minimum Gasteiger partial charge on any atom is -0.497 e. The van der Waals surface area contributed by atoms with Gasteiger partial charge in [0.15, 0.2) is 0 Å². The van der Waals surface area contributed by atoms with Gasteiger partial charge in [-0.1, -0.05) is 36.4 Å². The van der Waals surface area contributed by atoms with Crippen LogP contribution in [0.5, 0.6) is 17.2 Å². The third-order valence-electron chi connectivity index (χ3n) is 7.33. The maximum atomic E-state index is 14.1. The number of ether oxygens (including phenoxy) is 3. The molecule has 2 heterocycles. The molecule has 0 spiro atoms. The number of benzene rings is 3. The second kappa shape index (κ2) is 11.1. The highest BCUT2D eigenvalue weighted by Crippen LogP contribution is 2.33. The minimum absolute atomic E-state index is 0.178. The summed E-state index contributed by atoms with van der Waals surface area (Å²) in [5.74, 6) is 1.46. The molecule has 1 aromatic heterocycles. The van der Waals surface area contributed by atoms with Crippen LogP contribution in [0.2, 0.25) is 0 Å². The summed E-state index contributed by atoms with van der Waals surface area (Å²) in [6.45, 7) is 2.38. The van der Waals surface area contributed by atoms with Crippen LogP contribution in [-0.4, -0.2) is 53.4 Å². The molecule has 1 aliphatic heterocycles. The van der Waals surface area contributed by atoms with Gasteiger partial charge in [0.2, 0.25) is 5.91 Å². The van der Waals surface area contributed by atoms with Crippen LogP contribution in [0.15, 0.2) is 78.9 Å². The zero-order valence-corrected chi connectivity index (χ0v) is 23.0. The van der Waals surface area contributed by atoms with Gasteiger partial charge in [0, 0.05) is 23.2 Å². The fourth-order valence-electron chi connectivity index (χ4n) is 5.01. The summed E-state index contributed by atoms with van der Waals surface area (Å²) in [6, 6.07) is 24.2. The monoisotopic (exact) mass is 540 g/mol. The van der Waals surface area contributed by atoms with E-state index in [1.54, 1.807) is 43.9 Å². The van der Waals surface area contributed by atoms with Crippen molar-refractivity contribution >= 4 is 11.8 Å². The average molecular weight is 541 g/mol. The Morgan fingerprint density at radius 2 is 1.52 bits per heavy atom. The smallest absolute Gasteiger partial charge is 0.273 e. The van der Waals surface area contributed by atoms with Crippen molar-refractivity contribution in [2.75, 3.05) is 21.3 Å². The van der Waals surface area contributed by atoms with E-state index >= 15 is 0 Å². The quantitative estimate of drug-likeness (QED) is 0.340. The van der Waals surface area contributed by atoms with Crippen LogP contribution in [0, 0.1) is 0 Å². The number of carbonyl (C=O) groups is 2. The zero-order valence-electron chi connectivity index (χ0n) is 23.0. The number of para-hydroxylation sites is 2. The second-order valence-electron chi connectivity index (χ2n) is 9.77. The molecule has 0 radical (unpaired) electrons. The van der Waals surface area contributed by atoms with Crippen molar-refractivity contribution < 1.29 is 23.8 Å². The molecule has 0 bridgehead atoms. The summed E-state index contributed by atoms with van der Waals surface area (Å²) in [4.78, 5) is 29.6. The Hall–Kier alpha value is -4.79. The van der Waals surface area contributed by atoms with Crippen molar-refractivity contribution in [1.82, 2.24) is 20.0 Å². The van der Waals surface area contributed by atoms with Gasteiger partial charge in [-0.15, -0.1) is 0 Å².